The number of carbonyl (C=O) groups excluding carboxylic acids is 1. The van der Waals surface area contributed by atoms with Crippen LogP contribution in [-0.4, -0.2) is 68.7 Å². The lowest BCUT2D eigenvalue weighted by molar-refractivity contribution is -0.142. The Bertz CT molecular complexity index is 235. The van der Waals surface area contributed by atoms with Gasteiger partial charge in [-0.3, -0.25) is 4.79 Å². The number of likely N-dealkylation sites (tertiary alicyclic amines) is 1. The summed E-state index contributed by atoms with van der Waals surface area (Å²) >= 11 is 0. The van der Waals surface area contributed by atoms with Gasteiger partial charge in [-0.2, -0.15) is 0 Å². The van der Waals surface area contributed by atoms with Gasteiger partial charge in [0.25, 0.3) is 0 Å². The zero-order valence-corrected chi connectivity index (χ0v) is 10.5. The van der Waals surface area contributed by atoms with Gasteiger partial charge in [0.1, 0.15) is 6.04 Å². The number of nitrogens with zero attached hydrogens (tertiary/aromatic N) is 2. The van der Waals surface area contributed by atoms with Gasteiger partial charge in [-0.1, -0.05) is 0 Å². The van der Waals surface area contributed by atoms with Crippen molar-refractivity contribution in [3.05, 3.63) is 0 Å². The number of hydrogen-bond acceptors (Lipinski definition) is 5. The van der Waals surface area contributed by atoms with Crippen LogP contribution in [0.5, 0.6) is 0 Å². The molecule has 0 radical (unpaired) electrons. The van der Waals surface area contributed by atoms with Crippen molar-refractivity contribution in [2.75, 3.05) is 40.8 Å². The summed E-state index contributed by atoms with van der Waals surface area (Å²) in [5.74, 6) is -0.341. The first-order chi connectivity index (χ1) is 7.54. The first-order valence-electron chi connectivity index (χ1n) is 5.76. The zero-order chi connectivity index (χ0) is 12.1. The molecule has 0 amide bonds. The molecule has 1 heterocycles. The standard InChI is InChI=1S/C11H23N3O2/c1-13(8-10(12)11(15)16-3)7-9-5-4-6-14(9)2/h9-10H,4-8,12H2,1-3H3. The molecule has 1 aliphatic rings. The van der Waals surface area contributed by atoms with E-state index in [1.807, 2.05) is 7.05 Å². The molecule has 1 aliphatic heterocycles. The normalized spacial score (nSPS) is 23.7. The topological polar surface area (TPSA) is 58.8 Å². The summed E-state index contributed by atoms with van der Waals surface area (Å²) in [4.78, 5) is 15.6. The molecule has 94 valence electrons. The molecule has 0 aromatic rings. The fraction of sp³-hybridized carbons (Fsp3) is 0.909. The number of carbonyl (C=O) groups is 1. The van der Waals surface area contributed by atoms with Crippen LogP contribution in [0.1, 0.15) is 12.8 Å². The molecular weight excluding hydrogens is 206 g/mol. The molecule has 1 rings (SSSR count). The van der Waals surface area contributed by atoms with E-state index >= 15 is 0 Å². The third-order valence-corrected chi connectivity index (χ3v) is 3.21. The maximum Gasteiger partial charge on any atom is 0.323 e. The minimum atomic E-state index is -0.540. The Morgan fingerprint density at radius 3 is 2.88 bits per heavy atom. The van der Waals surface area contributed by atoms with Gasteiger partial charge in [-0.15, -0.1) is 0 Å². The second-order valence-electron chi connectivity index (χ2n) is 4.63. The van der Waals surface area contributed by atoms with Crippen LogP contribution in [-0.2, 0) is 9.53 Å². The van der Waals surface area contributed by atoms with Crippen LogP contribution in [0.3, 0.4) is 0 Å². The van der Waals surface area contributed by atoms with E-state index in [0.717, 1.165) is 6.54 Å². The first kappa shape index (κ1) is 13.4. The maximum atomic E-state index is 11.2. The van der Waals surface area contributed by atoms with Gasteiger partial charge in [0.05, 0.1) is 7.11 Å². The largest absolute Gasteiger partial charge is 0.468 e. The molecule has 1 fully saturated rings. The van der Waals surface area contributed by atoms with Crippen LogP contribution in [0.25, 0.3) is 0 Å². The van der Waals surface area contributed by atoms with Crippen molar-refractivity contribution in [1.29, 1.82) is 0 Å². The average molecular weight is 229 g/mol. The Morgan fingerprint density at radius 2 is 2.38 bits per heavy atom. The van der Waals surface area contributed by atoms with Gasteiger partial charge in [0.15, 0.2) is 0 Å². The van der Waals surface area contributed by atoms with E-state index in [2.05, 4.69) is 21.6 Å². The number of hydrogen-bond donors (Lipinski definition) is 1. The highest BCUT2D eigenvalue weighted by Crippen LogP contribution is 2.15. The molecule has 0 aromatic heterocycles. The predicted molar refractivity (Wildman–Crippen MR) is 63.1 cm³/mol. The molecule has 16 heavy (non-hydrogen) atoms. The minimum Gasteiger partial charge on any atom is -0.468 e. The average Bonchev–Trinajstić information content (AvgIpc) is 2.63. The molecule has 5 heteroatoms. The van der Waals surface area contributed by atoms with Crippen LogP contribution < -0.4 is 5.73 Å². The molecular formula is C11H23N3O2. The highest BCUT2D eigenvalue weighted by Gasteiger charge is 2.23. The molecule has 1 saturated heterocycles. The van der Waals surface area contributed by atoms with E-state index in [9.17, 15) is 4.79 Å². The van der Waals surface area contributed by atoms with E-state index in [1.54, 1.807) is 0 Å². The fourth-order valence-corrected chi connectivity index (χ4v) is 2.21. The van der Waals surface area contributed by atoms with Crippen molar-refractivity contribution in [3.8, 4) is 0 Å². The van der Waals surface area contributed by atoms with Gasteiger partial charge < -0.3 is 20.3 Å². The van der Waals surface area contributed by atoms with Crippen molar-refractivity contribution in [2.45, 2.75) is 24.9 Å². The lowest BCUT2D eigenvalue weighted by Gasteiger charge is -2.26. The molecule has 0 aliphatic carbocycles. The Balaban J connectivity index is 2.29. The summed E-state index contributed by atoms with van der Waals surface area (Å²) in [6.07, 6.45) is 2.49. The summed E-state index contributed by atoms with van der Waals surface area (Å²) in [5.41, 5.74) is 5.71. The second kappa shape index (κ2) is 6.18. The molecule has 2 atom stereocenters. The van der Waals surface area contributed by atoms with Gasteiger partial charge in [0, 0.05) is 19.1 Å². The summed E-state index contributed by atoms with van der Waals surface area (Å²) in [6.45, 7) is 2.68. The van der Waals surface area contributed by atoms with Gasteiger partial charge in [0.2, 0.25) is 0 Å². The molecule has 0 spiro atoms. The smallest absolute Gasteiger partial charge is 0.323 e. The number of methoxy groups -OCH3 is 1. The summed E-state index contributed by atoms with van der Waals surface area (Å²) < 4.78 is 4.60. The Morgan fingerprint density at radius 1 is 1.69 bits per heavy atom. The minimum absolute atomic E-state index is 0.341. The highest BCUT2D eigenvalue weighted by molar-refractivity contribution is 5.75. The number of esters is 1. The monoisotopic (exact) mass is 229 g/mol. The number of likely N-dealkylation sites (N-methyl/N-ethyl adjacent to an activating group) is 2. The third-order valence-electron chi connectivity index (χ3n) is 3.21. The number of nitrogens with two attached hydrogens (primary N) is 1. The number of ether oxygens (including phenoxy) is 1. The highest BCUT2D eigenvalue weighted by atomic mass is 16.5. The molecule has 2 N–H and O–H groups in total. The van der Waals surface area contributed by atoms with Crippen LogP contribution in [0.4, 0.5) is 0 Å². The van der Waals surface area contributed by atoms with Crippen molar-refractivity contribution in [2.24, 2.45) is 5.73 Å². The zero-order valence-electron chi connectivity index (χ0n) is 10.5. The van der Waals surface area contributed by atoms with E-state index in [0.29, 0.717) is 12.6 Å². The molecule has 2 unspecified atom stereocenters. The predicted octanol–water partition coefficient (Wildman–Crippen LogP) is -0.487. The second-order valence-corrected chi connectivity index (χ2v) is 4.63. The van der Waals surface area contributed by atoms with Crippen molar-refractivity contribution < 1.29 is 9.53 Å². The molecule has 0 saturated carbocycles. The Kier molecular flexibility index (Phi) is 5.18. The van der Waals surface area contributed by atoms with Gasteiger partial charge >= 0.3 is 5.97 Å². The van der Waals surface area contributed by atoms with Crippen LogP contribution in [0.2, 0.25) is 0 Å². The van der Waals surface area contributed by atoms with Crippen molar-refractivity contribution in [1.82, 2.24) is 9.80 Å². The quantitative estimate of drug-likeness (QED) is 0.645. The van der Waals surface area contributed by atoms with Crippen molar-refractivity contribution in [3.63, 3.8) is 0 Å². The maximum absolute atomic E-state index is 11.2. The summed E-state index contributed by atoms with van der Waals surface area (Å²) in [7, 11) is 5.51. The van der Waals surface area contributed by atoms with Gasteiger partial charge in [-0.25, -0.2) is 0 Å². The first-order valence-corrected chi connectivity index (χ1v) is 5.76. The summed E-state index contributed by atoms with van der Waals surface area (Å²) in [6, 6.07) is 0.0524. The summed E-state index contributed by atoms with van der Waals surface area (Å²) in [5, 5.41) is 0. The van der Waals surface area contributed by atoms with Gasteiger partial charge in [-0.05, 0) is 33.5 Å². The fourth-order valence-electron chi connectivity index (χ4n) is 2.21. The SMILES string of the molecule is COC(=O)C(N)CN(C)CC1CCCN1C. The molecule has 0 aromatic carbocycles. The van der Waals surface area contributed by atoms with E-state index < -0.39 is 6.04 Å². The Hall–Kier alpha value is -0.650. The number of rotatable bonds is 5. The van der Waals surface area contributed by atoms with Crippen LogP contribution in [0.15, 0.2) is 0 Å². The van der Waals surface area contributed by atoms with Crippen LogP contribution >= 0.6 is 0 Å². The van der Waals surface area contributed by atoms with E-state index in [4.69, 9.17) is 5.73 Å². The third kappa shape index (κ3) is 3.73. The van der Waals surface area contributed by atoms with Crippen LogP contribution in [0, 0.1) is 0 Å². The van der Waals surface area contributed by atoms with E-state index in [-0.39, 0.29) is 5.97 Å². The van der Waals surface area contributed by atoms with E-state index in [1.165, 1.54) is 26.5 Å². The lowest BCUT2D eigenvalue weighted by atomic mass is 10.2. The Labute approximate surface area is 97.5 Å². The lowest BCUT2D eigenvalue weighted by Crippen LogP contribution is -2.45. The van der Waals surface area contributed by atoms with Crippen molar-refractivity contribution >= 4 is 5.97 Å². The molecule has 0 bridgehead atoms. The molecule has 5 nitrogen and oxygen atoms in total.